The van der Waals surface area contributed by atoms with Crippen LogP contribution in [-0.4, -0.2) is 59.1 Å². The maximum Gasteiger partial charge on any atom is 0.410 e. The van der Waals surface area contributed by atoms with Crippen molar-refractivity contribution in [3.05, 3.63) is 63.5 Å². The molecular formula is C36H53N3O3. The number of fused-ring (bicyclic) bond motifs is 2. The van der Waals surface area contributed by atoms with Gasteiger partial charge in [0.05, 0.1) is 12.8 Å². The second-order valence-corrected chi connectivity index (χ2v) is 15.0. The van der Waals surface area contributed by atoms with E-state index in [0.29, 0.717) is 13.0 Å². The highest BCUT2D eigenvalue weighted by Gasteiger charge is 2.51. The van der Waals surface area contributed by atoms with Crippen LogP contribution in [-0.2, 0) is 22.4 Å². The minimum atomic E-state index is -0.609. The van der Waals surface area contributed by atoms with E-state index in [1.807, 2.05) is 18.1 Å². The fourth-order valence-electron chi connectivity index (χ4n) is 7.41. The number of hydrogen-bond acceptors (Lipinski definition) is 4. The minimum absolute atomic E-state index is 0.0287. The lowest BCUT2D eigenvalue weighted by Gasteiger charge is -2.55. The van der Waals surface area contributed by atoms with E-state index in [1.54, 1.807) is 4.90 Å². The molecule has 3 atom stereocenters. The van der Waals surface area contributed by atoms with E-state index in [4.69, 9.17) is 9.72 Å². The van der Waals surface area contributed by atoms with Crippen LogP contribution in [0.25, 0.3) is 0 Å². The maximum atomic E-state index is 14.6. The molecule has 1 aromatic carbocycles. The second kappa shape index (κ2) is 11.3. The molecule has 0 radical (unpaired) electrons. The number of likely N-dealkylation sites (N-methyl/N-ethyl adjacent to an activating group) is 1. The third kappa shape index (κ3) is 5.46. The van der Waals surface area contributed by atoms with Crippen molar-refractivity contribution >= 4 is 12.0 Å². The van der Waals surface area contributed by atoms with Crippen molar-refractivity contribution in [2.45, 2.75) is 112 Å². The van der Waals surface area contributed by atoms with Crippen molar-refractivity contribution in [1.82, 2.24) is 14.8 Å². The van der Waals surface area contributed by atoms with Gasteiger partial charge in [0.15, 0.2) is 0 Å². The van der Waals surface area contributed by atoms with Gasteiger partial charge in [0.1, 0.15) is 6.04 Å². The van der Waals surface area contributed by atoms with Crippen LogP contribution in [0.4, 0.5) is 4.79 Å². The summed E-state index contributed by atoms with van der Waals surface area (Å²) >= 11 is 0. The number of aryl methyl sites for hydroxylation is 5. The fourth-order valence-corrected chi connectivity index (χ4v) is 7.41. The summed E-state index contributed by atoms with van der Waals surface area (Å²) < 4.78 is 5.22. The number of likely N-dealkylation sites (tertiary alicyclic amines) is 1. The van der Waals surface area contributed by atoms with Crippen LogP contribution >= 0.6 is 0 Å². The molecule has 6 heteroatoms. The highest BCUT2D eigenvalue weighted by molar-refractivity contribution is 5.86. The molecule has 6 nitrogen and oxygen atoms in total. The predicted molar refractivity (Wildman–Crippen MR) is 170 cm³/mol. The number of ether oxygens (including phenoxy) is 1. The van der Waals surface area contributed by atoms with Gasteiger partial charge in [0, 0.05) is 31.2 Å². The van der Waals surface area contributed by atoms with E-state index in [2.05, 4.69) is 87.4 Å². The summed E-state index contributed by atoms with van der Waals surface area (Å²) in [7, 11) is 3.31. The molecule has 0 bridgehead atoms. The Morgan fingerprint density at radius 2 is 1.57 bits per heavy atom. The Morgan fingerprint density at radius 3 is 2.19 bits per heavy atom. The van der Waals surface area contributed by atoms with Crippen LogP contribution in [0, 0.1) is 37.5 Å². The molecule has 4 rings (SSSR count). The Kier molecular flexibility index (Phi) is 8.63. The van der Waals surface area contributed by atoms with E-state index < -0.39 is 17.7 Å². The first-order valence-electron chi connectivity index (χ1n) is 15.6. The SMILES string of the molecule is COC(=O)N1CCC(C2c3ncc(C)cc3CCc3cc(C)cc(C)c32)C[C@@H]1C(=O)N(C)C(C)(C)C(C)(C)C(C)(C)C. The van der Waals surface area contributed by atoms with Crippen LogP contribution in [0.5, 0.6) is 0 Å². The summed E-state index contributed by atoms with van der Waals surface area (Å²) in [5.41, 5.74) is 8.20. The summed E-state index contributed by atoms with van der Waals surface area (Å²) in [6.07, 6.45) is 4.84. The van der Waals surface area contributed by atoms with Crippen LogP contribution in [0.2, 0.25) is 0 Å². The molecule has 1 fully saturated rings. The number of piperidine rings is 1. The third-order valence-electron chi connectivity index (χ3n) is 11.4. The molecular weight excluding hydrogens is 522 g/mol. The van der Waals surface area contributed by atoms with Crippen molar-refractivity contribution in [2.24, 2.45) is 16.7 Å². The Hall–Kier alpha value is -2.89. The Bertz CT molecular complexity index is 1350. The Labute approximate surface area is 254 Å². The summed E-state index contributed by atoms with van der Waals surface area (Å²) in [6, 6.07) is 6.30. The molecule has 1 aliphatic carbocycles. The average Bonchev–Trinajstić information content (AvgIpc) is 3.07. The summed E-state index contributed by atoms with van der Waals surface area (Å²) in [5.74, 6) is 0.191. The first-order chi connectivity index (χ1) is 19.4. The summed E-state index contributed by atoms with van der Waals surface area (Å²) in [6.45, 7) is 22.4. The van der Waals surface area contributed by atoms with E-state index in [9.17, 15) is 9.59 Å². The maximum absolute atomic E-state index is 14.6. The zero-order chi connectivity index (χ0) is 31.4. The highest BCUT2D eigenvalue weighted by Crippen LogP contribution is 2.50. The van der Waals surface area contributed by atoms with Crippen molar-refractivity contribution < 1.29 is 14.3 Å². The van der Waals surface area contributed by atoms with Crippen LogP contribution in [0.3, 0.4) is 0 Å². The summed E-state index contributed by atoms with van der Waals surface area (Å²) in [5, 5.41) is 0. The monoisotopic (exact) mass is 575 g/mol. The van der Waals surface area contributed by atoms with Gasteiger partial charge < -0.3 is 9.64 Å². The molecule has 2 heterocycles. The van der Waals surface area contributed by atoms with Gasteiger partial charge in [-0.2, -0.15) is 0 Å². The normalized spacial score (nSPS) is 21.2. The lowest BCUT2D eigenvalue weighted by Crippen LogP contribution is -2.63. The van der Waals surface area contributed by atoms with E-state index >= 15 is 0 Å². The zero-order valence-corrected chi connectivity index (χ0v) is 28.1. The number of rotatable bonds is 4. The number of hydrogen-bond donors (Lipinski definition) is 0. The number of pyridine rings is 1. The molecule has 2 aromatic rings. The minimum Gasteiger partial charge on any atom is -0.453 e. The van der Waals surface area contributed by atoms with Crippen molar-refractivity contribution in [3.8, 4) is 0 Å². The van der Waals surface area contributed by atoms with Crippen LogP contribution in [0.15, 0.2) is 24.4 Å². The first kappa shape index (κ1) is 32.0. The van der Waals surface area contributed by atoms with Gasteiger partial charge in [-0.1, -0.05) is 58.4 Å². The highest BCUT2D eigenvalue weighted by atomic mass is 16.5. The number of nitrogens with zero attached hydrogens (tertiary/aromatic N) is 3. The van der Waals surface area contributed by atoms with Gasteiger partial charge in [-0.25, -0.2) is 4.79 Å². The number of benzene rings is 1. The fraction of sp³-hybridized carbons (Fsp3) is 0.639. The number of methoxy groups -OCH3 is 1. The number of carbonyl (C=O) groups excluding carboxylic acids is 2. The van der Waals surface area contributed by atoms with Crippen molar-refractivity contribution in [2.75, 3.05) is 20.7 Å². The van der Waals surface area contributed by atoms with Gasteiger partial charge in [-0.05, 0) is 105 Å². The molecule has 2 unspecified atom stereocenters. The first-order valence-corrected chi connectivity index (χ1v) is 15.6. The predicted octanol–water partition coefficient (Wildman–Crippen LogP) is 7.39. The molecule has 2 aliphatic rings. The molecule has 1 aliphatic heterocycles. The van der Waals surface area contributed by atoms with Gasteiger partial charge in [-0.3, -0.25) is 14.7 Å². The second-order valence-electron chi connectivity index (χ2n) is 15.0. The molecule has 0 N–H and O–H groups in total. The van der Waals surface area contributed by atoms with Crippen LogP contribution < -0.4 is 0 Å². The largest absolute Gasteiger partial charge is 0.453 e. The molecule has 2 amide bonds. The van der Waals surface area contributed by atoms with Gasteiger partial charge >= 0.3 is 6.09 Å². The number of aromatic nitrogens is 1. The van der Waals surface area contributed by atoms with E-state index in [1.165, 1.54) is 40.5 Å². The Balaban J connectivity index is 1.80. The number of amides is 2. The van der Waals surface area contributed by atoms with Crippen LogP contribution in [0.1, 0.15) is 106 Å². The molecule has 230 valence electrons. The molecule has 1 aromatic heterocycles. The molecule has 1 saturated heterocycles. The molecule has 0 spiro atoms. The average molecular weight is 576 g/mol. The van der Waals surface area contributed by atoms with E-state index in [0.717, 1.165) is 25.0 Å². The molecule has 42 heavy (non-hydrogen) atoms. The van der Waals surface area contributed by atoms with Gasteiger partial charge in [0.25, 0.3) is 0 Å². The Morgan fingerprint density at radius 1 is 0.952 bits per heavy atom. The summed E-state index contributed by atoms with van der Waals surface area (Å²) in [4.78, 5) is 36.3. The zero-order valence-electron chi connectivity index (χ0n) is 28.1. The lowest BCUT2D eigenvalue weighted by molar-refractivity contribution is -0.150. The van der Waals surface area contributed by atoms with E-state index in [-0.39, 0.29) is 28.6 Å². The lowest BCUT2D eigenvalue weighted by atomic mass is 9.59. The number of carbonyl (C=O) groups is 2. The van der Waals surface area contributed by atoms with Gasteiger partial charge in [-0.15, -0.1) is 0 Å². The smallest absolute Gasteiger partial charge is 0.410 e. The quantitative estimate of drug-likeness (QED) is 0.381. The molecule has 0 saturated carbocycles. The standard InChI is InChI=1S/C36H53N3O3/c1-22-17-24(3)29-25(18-22)13-14-27-19-23(2)21-37-31(27)30(29)26-15-16-39(33(41)42-12)28(20-26)32(40)38(11)36(9,10)35(7,8)34(4,5)6/h17-19,21,26,28,30H,13-16,20H2,1-12H3/t26?,28-,30?/m1/s1. The topological polar surface area (TPSA) is 62.7 Å². The third-order valence-corrected chi connectivity index (χ3v) is 11.4. The van der Waals surface area contributed by atoms with Crippen molar-refractivity contribution in [3.63, 3.8) is 0 Å². The van der Waals surface area contributed by atoms with Gasteiger partial charge in [0.2, 0.25) is 5.91 Å². The van der Waals surface area contributed by atoms with Crippen molar-refractivity contribution in [1.29, 1.82) is 0 Å².